The van der Waals surface area contributed by atoms with Crippen LogP contribution in [0.5, 0.6) is 0 Å². The van der Waals surface area contributed by atoms with Crippen molar-refractivity contribution in [3.8, 4) is 0 Å². The number of benzene rings is 1. The lowest BCUT2D eigenvalue weighted by atomic mass is 10.1. The van der Waals surface area contributed by atoms with Crippen LogP contribution in [0.3, 0.4) is 0 Å². The van der Waals surface area contributed by atoms with Gasteiger partial charge in [-0.2, -0.15) is 0 Å². The maximum Gasteiger partial charge on any atom is 0.162 e. The number of halogens is 1. The van der Waals surface area contributed by atoms with Crippen LogP contribution in [-0.2, 0) is 0 Å². The number of aryl methyl sites for hydroxylation is 1. The first-order chi connectivity index (χ1) is 5.65. The fourth-order valence-electron chi connectivity index (χ4n) is 1.02. The molecule has 0 spiro atoms. The Morgan fingerprint density at radius 1 is 1.50 bits per heavy atom. The average Bonchev–Trinajstić information content (AvgIpc) is 2.08. The molecule has 1 aromatic carbocycles. The van der Waals surface area contributed by atoms with Crippen LogP contribution in [0.1, 0.15) is 29.3 Å². The number of rotatable bonds is 2. The lowest BCUT2D eigenvalue weighted by Gasteiger charge is -1.99. The highest BCUT2D eigenvalue weighted by atomic mass is 19.1. The van der Waals surface area contributed by atoms with Crippen LogP contribution in [0.15, 0.2) is 18.2 Å². The number of Topliss-reactive ketones (excluding diaryl/α,β-unsaturated/α-hetero) is 1. The van der Waals surface area contributed by atoms with Crippen molar-refractivity contribution in [2.45, 2.75) is 20.3 Å². The van der Waals surface area contributed by atoms with E-state index in [4.69, 9.17) is 0 Å². The third-order valence-electron chi connectivity index (χ3n) is 1.80. The van der Waals surface area contributed by atoms with E-state index in [0.29, 0.717) is 17.5 Å². The molecule has 0 N–H and O–H groups in total. The third kappa shape index (κ3) is 1.70. The highest BCUT2D eigenvalue weighted by Gasteiger charge is 2.04. The normalized spacial score (nSPS) is 9.92. The molecule has 0 amide bonds. The number of hydrogen-bond acceptors (Lipinski definition) is 1. The molecular weight excluding hydrogens is 155 g/mol. The first kappa shape index (κ1) is 8.91. The summed E-state index contributed by atoms with van der Waals surface area (Å²) in [5.74, 6) is -0.208. The average molecular weight is 166 g/mol. The Labute approximate surface area is 71.2 Å². The molecule has 0 bridgehead atoms. The maximum absolute atomic E-state index is 12.8. The van der Waals surface area contributed by atoms with E-state index in [9.17, 15) is 9.18 Å². The summed E-state index contributed by atoms with van der Waals surface area (Å²) >= 11 is 0. The Kier molecular flexibility index (Phi) is 2.58. The molecule has 0 aliphatic heterocycles. The van der Waals surface area contributed by atoms with Crippen LogP contribution < -0.4 is 0 Å². The monoisotopic (exact) mass is 166 g/mol. The second-order valence-corrected chi connectivity index (χ2v) is 2.74. The molecule has 0 atom stereocenters. The fourth-order valence-corrected chi connectivity index (χ4v) is 1.02. The van der Waals surface area contributed by atoms with E-state index in [2.05, 4.69) is 0 Å². The molecular formula is C10H11FO. The lowest BCUT2D eigenvalue weighted by molar-refractivity contribution is 0.0988. The van der Waals surface area contributed by atoms with Crippen LogP contribution in [0.25, 0.3) is 0 Å². The van der Waals surface area contributed by atoms with Crippen LogP contribution in [0.2, 0.25) is 0 Å². The Morgan fingerprint density at radius 2 is 2.17 bits per heavy atom. The van der Waals surface area contributed by atoms with Gasteiger partial charge >= 0.3 is 0 Å². The third-order valence-corrected chi connectivity index (χ3v) is 1.80. The van der Waals surface area contributed by atoms with Gasteiger partial charge < -0.3 is 0 Å². The molecule has 1 aromatic rings. The molecule has 0 aliphatic rings. The SMILES string of the molecule is CCC(=O)c1ccc(F)c(C)c1. The van der Waals surface area contributed by atoms with Gasteiger partial charge in [0, 0.05) is 12.0 Å². The van der Waals surface area contributed by atoms with E-state index < -0.39 is 0 Å². The van der Waals surface area contributed by atoms with E-state index in [0.717, 1.165) is 0 Å². The van der Waals surface area contributed by atoms with Crippen molar-refractivity contribution in [1.29, 1.82) is 0 Å². The zero-order valence-electron chi connectivity index (χ0n) is 7.23. The molecule has 0 saturated heterocycles. The molecule has 0 fully saturated rings. The highest BCUT2D eigenvalue weighted by Crippen LogP contribution is 2.10. The summed E-state index contributed by atoms with van der Waals surface area (Å²) in [7, 11) is 0. The van der Waals surface area contributed by atoms with Gasteiger partial charge in [-0.15, -0.1) is 0 Å². The minimum Gasteiger partial charge on any atom is -0.294 e. The Bertz CT molecular complexity index is 305. The highest BCUT2D eigenvalue weighted by molar-refractivity contribution is 5.95. The number of carbonyl (C=O) groups is 1. The van der Waals surface area contributed by atoms with Gasteiger partial charge in [-0.3, -0.25) is 4.79 Å². The molecule has 1 rings (SSSR count). The van der Waals surface area contributed by atoms with Gasteiger partial charge in [-0.25, -0.2) is 4.39 Å². The topological polar surface area (TPSA) is 17.1 Å². The molecule has 0 heterocycles. The molecule has 64 valence electrons. The predicted molar refractivity (Wildman–Crippen MR) is 45.8 cm³/mol. The smallest absolute Gasteiger partial charge is 0.162 e. The standard InChI is InChI=1S/C10H11FO/c1-3-10(12)8-4-5-9(11)7(2)6-8/h4-6H,3H2,1-2H3. The van der Waals surface area contributed by atoms with Crippen LogP contribution in [-0.4, -0.2) is 5.78 Å². The molecule has 1 nitrogen and oxygen atoms in total. The van der Waals surface area contributed by atoms with Crippen molar-refractivity contribution in [3.63, 3.8) is 0 Å². The molecule has 2 heteroatoms. The second-order valence-electron chi connectivity index (χ2n) is 2.74. The summed E-state index contributed by atoms with van der Waals surface area (Å²) in [4.78, 5) is 11.2. The predicted octanol–water partition coefficient (Wildman–Crippen LogP) is 2.73. The van der Waals surface area contributed by atoms with Gasteiger partial charge in [0.15, 0.2) is 5.78 Å². The zero-order valence-corrected chi connectivity index (χ0v) is 7.23. The van der Waals surface area contributed by atoms with Crippen molar-refractivity contribution in [1.82, 2.24) is 0 Å². The van der Waals surface area contributed by atoms with Gasteiger partial charge in [0.05, 0.1) is 0 Å². The number of ketones is 1. The van der Waals surface area contributed by atoms with Crippen molar-refractivity contribution < 1.29 is 9.18 Å². The summed E-state index contributed by atoms with van der Waals surface area (Å²) in [6.07, 6.45) is 0.463. The van der Waals surface area contributed by atoms with Gasteiger partial charge in [0.2, 0.25) is 0 Å². The molecule has 0 aromatic heterocycles. The van der Waals surface area contributed by atoms with Crippen molar-refractivity contribution in [2.75, 3.05) is 0 Å². The number of hydrogen-bond donors (Lipinski definition) is 0. The minimum absolute atomic E-state index is 0.0538. The first-order valence-corrected chi connectivity index (χ1v) is 3.94. The van der Waals surface area contributed by atoms with Gasteiger partial charge in [0.25, 0.3) is 0 Å². The Hall–Kier alpha value is -1.18. The second kappa shape index (κ2) is 3.48. The lowest BCUT2D eigenvalue weighted by Crippen LogP contribution is -1.97. The largest absolute Gasteiger partial charge is 0.294 e. The van der Waals surface area contributed by atoms with E-state index in [1.54, 1.807) is 19.9 Å². The van der Waals surface area contributed by atoms with Crippen molar-refractivity contribution in [2.24, 2.45) is 0 Å². The van der Waals surface area contributed by atoms with Crippen LogP contribution in [0.4, 0.5) is 4.39 Å². The summed E-state index contributed by atoms with van der Waals surface area (Å²) in [6, 6.07) is 4.44. The first-order valence-electron chi connectivity index (χ1n) is 3.94. The Balaban J connectivity index is 3.05. The fraction of sp³-hybridized carbons (Fsp3) is 0.300. The van der Waals surface area contributed by atoms with Crippen molar-refractivity contribution >= 4 is 5.78 Å². The number of carbonyl (C=O) groups excluding carboxylic acids is 1. The zero-order chi connectivity index (χ0) is 9.14. The van der Waals surface area contributed by atoms with Crippen LogP contribution >= 0.6 is 0 Å². The Morgan fingerprint density at radius 3 is 2.67 bits per heavy atom. The minimum atomic E-state index is -0.261. The van der Waals surface area contributed by atoms with Gasteiger partial charge in [-0.05, 0) is 30.7 Å². The summed E-state index contributed by atoms with van der Waals surface area (Å²) in [5, 5.41) is 0. The van der Waals surface area contributed by atoms with E-state index in [1.807, 2.05) is 0 Å². The maximum atomic E-state index is 12.8. The molecule has 12 heavy (non-hydrogen) atoms. The molecule has 0 radical (unpaired) electrons. The summed E-state index contributed by atoms with van der Waals surface area (Å²) < 4.78 is 12.8. The van der Waals surface area contributed by atoms with Crippen molar-refractivity contribution in [3.05, 3.63) is 35.1 Å². The summed E-state index contributed by atoms with van der Waals surface area (Å²) in [5.41, 5.74) is 1.12. The van der Waals surface area contributed by atoms with E-state index in [1.165, 1.54) is 12.1 Å². The van der Waals surface area contributed by atoms with Gasteiger partial charge in [-0.1, -0.05) is 6.92 Å². The van der Waals surface area contributed by atoms with Gasteiger partial charge in [0.1, 0.15) is 5.82 Å². The van der Waals surface area contributed by atoms with E-state index in [-0.39, 0.29) is 11.6 Å². The van der Waals surface area contributed by atoms with E-state index >= 15 is 0 Å². The molecule has 0 saturated carbocycles. The molecule has 0 aliphatic carbocycles. The quantitative estimate of drug-likeness (QED) is 0.617. The summed E-state index contributed by atoms with van der Waals surface area (Å²) in [6.45, 7) is 3.45. The van der Waals surface area contributed by atoms with Crippen LogP contribution in [0, 0.1) is 12.7 Å². The molecule has 0 unspecified atom stereocenters.